The van der Waals surface area contributed by atoms with Gasteiger partial charge in [-0.3, -0.25) is 49.0 Å². The molecule has 31 nitrogen and oxygen atoms in total. The molecule has 11 rings (SSSR count). The molecule has 127 heavy (non-hydrogen) atoms. The first-order chi connectivity index (χ1) is 61.3. The number of benzene rings is 5. The van der Waals surface area contributed by atoms with E-state index in [0.29, 0.717) is 93.8 Å². The van der Waals surface area contributed by atoms with Crippen LogP contribution >= 0.6 is 0 Å². The number of aryl methyl sites for hydroxylation is 2. The van der Waals surface area contributed by atoms with Crippen LogP contribution in [-0.2, 0) is 120 Å². The van der Waals surface area contributed by atoms with Crippen LogP contribution in [0.5, 0.6) is 0 Å². The van der Waals surface area contributed by atoms with E-state index in [0.717, 1.165) is 115 Å². The first kappa shape index (κ1) is 97.2. The van der Waals surface area contributed by atoms with Gasteiger partial charge >= 0.3 is 12.1 Å². The minimum atomic E-state index is -0.908. The number of amides is 10. The van der Waals surface area contributed by atoms with Crippen molar-refractivity contribution in [2.75, 3.05) is 127 Å². The Bertz CT molecular complexity index is 4750. The lowest BCUT2D eigenvalue weighted by Crippen LogP contribution is -2.60. The summed E-state index contributed by atoms with van der Waals surface area (Å²) < 4.78 is 47.1. The molecule has 0 unspecified atom stereocenters. The molecule has 31 heteroatoms. The van der Waals surface area contributed by atoms with Crippen LogP contribution in [0.2, 0.25) is 0 Å². The van der Waals surface area contributed by atoms with Gasteiger partial charge in [-0.05, 0) is 181 Å². The summed E-state index contributed by atoms with van der Waals surface area (Å²) in [7, 11) is 0. The van der Waals surface area contributed by atoms with E-state index in [4.69, 9.17) is 49.4 Å². The van der Waals surface area contributed by atoms with Crippen LogP contribution in [-0.4, -0.2) is 186 Å². The zero-order valence-electron chi connectivity index (χ0n) is 74.9. The van der Waals surface area contributed by atoms with Gasteiger partial charge in [-0.15, -0.1) is 5.10 Å². The second kappa shape index (κ2) is 47.1. The second-order valence-electron chi connectivity index (χ2n) is 35.3. The summed E-state index contributed by atoms with van der Waals surface area (Å²) in [6.45, 7) is 19.4. The van der Waals surface area contributed by atoms with E-state index in [1.807, 2.05) is 97.4 Å². The van der Waals surface area contributed by atoms with Crippen LogP contribution < -0.4 is 53.6 Å². The average Bonchev–Trinajstić information content (AvgIpc) is 1.30. The highest BCUT2D eigenvalue weighted by atomic mass is 16.7. The lowest BCUT2D eigenvalue weighted by Gasteiger charge is -2.56. The van der Waals surface area contributed by atoms with Gasteiger partial charge in [0.1, 0.15) is 19.1 Å². The molecule has 1 aromatic heterocycles. The number of fused-ring (bicyclic) bond motifs is 11. The number of nitrogens with two attached hydrogens (primary N) is 2. The largest absolute Gasteiger partial charge is 0.444 e. The number of nitrogens with one attached hydrogen (secondary N) is 7. The summed E-state index contributed by atoms with van der Waals surface area (Å²) in [5, 5.41) is 29.2. The van der Waals surface area contributed by atoms with Crippen molar-refractivity contribution in [1.29, 1.82) is 0 Å². The molecule has 8 atom stereocenters. The molecule has 4 aliphatic carbocycles. The topological polar surface area (TPSA) is 415 Å². The summed E-state index contributed by atoms with van der Waals surface area (Å²) in [4.78, 5) is 137. The maximum atomic E-state index is 14.9. The number of carbonyl (C=O) groups excluding carboxylic acids is 10. The number of unbranched alkanes of at least 4 members (excludes halogenated alkanes) is 1. The smallest absolute Gasteiger partial charge is 0.411 e. The van der Waals surface area contributed by atoms with E-state index in [1.54, 1.807) is 43.0 Å². The Kier molecular flexibility index (Phi) is 36.0. The third kappa shape index (κ3) is 25.8. The van der Waals surface area contributed by atoms with Crippen LogP contribution in [0.4, 0.5) is 32.3 Å². The molecule has 0 radical (unpaired) electrons. The van der Waals surface area contributed by atoms with Gasteiger partial charge < -0.3 is 80.8 Å². The molecule has 0 bridgehead atoms. The molecule has 5 aromatic carbocycles. The molecule has 6 aromatic rings. The standard InChI is InChI=1S/C96H131N13O18/c1-8-9-45-125-63-126-47-17-46-120-50-44-109-87-74-21-12-13-22-77(74)108(61-69-18-10-11-20-73(69)86(87)106-107-109)84(114)36-35-81(111)99-43-49-122-52-54-124-56-55-123-53-51-121-48-37-82(112)104-85(64(2)3)78(110)57-68(19-14-42-100-91(98)118)88(115)102-70-29-23-65(24-30-70)62-127-92(119)103-72-32-26-67-28-34-80-94(5,76(67)59-72)39-16-41-96(80,7)90(117)105-89(116)95(6)40-15-38-93(4)75-58-71(101-83(113)60-97)31-25-66(75)27-33-79(93)95/h10-13,18,20-26,29-32,58-59,64,68,79-80,85H,8-9,14-17,19,27-28,33-57,60-63,97H2,1-7H3,(H,99,111)(H,101,113)(H,102,115)(H,103,119)(H,104,112)(H3,98,100,118)(H,105,116,117)/t68-,79-,80-,85+,93-,94-,95+,96+/m1/s1. The minimum Gasteiger partial charge on any atom is -0.444 e. The van der Waals surface area contributed by atoms with Crippen molar-refractivity contribution in [3.8, 4) is 22.5 Å². The molecule has 2 saturated carbocycles. The zero-order chi connectivity index (χ0) is 90.5. The number of nitrogens with zero attached hydrogens (tertiary/aromatic N) is 4. The zero-order valence-corrected chi connectivity index (χ0v) is 74.9. The highest BCUT2D eigenvalue weighted by Crippen LogP contribution is 2.60. The van der Waals surface area contributed by atoms with Crippen molar-refractivity contribution in [1.82, 2.24) is 36.3 Å². The number of urea groups is 1. The highest BCUT2D eigenvalue weighted by Gasteiger charge is 2.59. The number of Topliss-reactive ketones (excluding diaryl/α,β-unsaturated/α-hetero) is 1. The van der Waals surface area contributed by atoms with Crippen molar-refractivity contribution >= 4 is 82.0 Å². The molecule has 1 aliphatic heterocycles. The number of para-hydroxylation sites is 1. The van der Waals surface area contributed by atoms with Gasteiger partial charge in [0.2, 0.25) is 41.4 Å². The summed E-state index contributed by atoms with van der Waals surface area (Å²) in [5.74, 6) is -3.71. The number of anilines is 4. The number of hydrogen-bond acceptors (Lipinski definition) is 21. The predicted octanol–water partition coefficient (Wildman–Crippen LogP) is 11.8. The van der Waals surface area contributed by atoms with Gasteiger partial charge in [-0.2, -0.15) is 0 Å². The number of carbonyl (C=O) groups is 10. The van der Waals surface area contributed by atoms with Gasteiger partial charge in [0, 0.05) is 86.1 Å². The number of aromatic nitrogens is 3. The summed E-state index contributed by atoms with van der Waals surface area (Å²) in [6, 6.07) is 32.6. The molecule has 10 amide bonds. The van der Waals surface area contributed by atoms with Crippen molar-refractivity contribution in [2.45, 2.75) is 207 Å². The maximum absolute atomic E-state index is 14.9. The number of ketones is 1. The Morgan fingerprint density at radius 1 is 0.559 bits per heavy atom. The van der Waals surface area contributed by atoms with Gasteiger partial charge in [-0.25, -0.2) is 14.3 Å². The number of primary amides is 1. The fourth-order valence-electron chi connectivity index (χ4n) is 19.3. The second-order valence-corrected chi connectivity index (χ2v) is 35.3. The summed E-state index contributed by atoms with van der Waals surface area (Å²) in [5.41, 5.74) is 20.1. The molecular formula is C96H131N13O18. The molecule has 0 spiro atoms. The van der Waals surface area contributed by atoms with Gasteiger partial charge in [-0.1, -0.05) is 140 Å². The maximum Gasteiger partial charge on any atom is 0.411 e. The van der Waals surface area contributed by atoms with Crippen LogP contribution in [0.1, 0.15) is 191 Å². The van der Waals surface area contributed by atoms with E-state index in [2.05, 4.69) is 74.4 Å². The van der Waals surface area contributed by atoms with E-state index >= 15 is 0 Å². The quantitative estimate of drug-likeness (QED) is 0.00973. The Morgan fingerprint density at radius 2 is 1.14 bits per heavy atom. The van der Waals surface area contributed by atoms with Crippen molar-refractivity contribution in [2.24, 2.45) is 46.0 Å². The molecule has 2 heterocycles. The Balaban J connectivity index is 0.551. The minimum absolute atomic E-state index is 0.0159. The van der Waals surface area contributed by atoms with Gasteiger partial charge in [0.05, 0.1) is 114 Å². The fraction of sp³-hybridized carbons (Fsp3) is 0.562. The molecular weight excluding hydrogens is 1620 g/mol. The van der Waals surface area contributed by atoms with Crippen molar-refractivity contribution in [3.05, 3.63) is 143 Å². The normalized spacial score (nSPS) is 20.1. The Hall–Kier alpha value is -10.4. The van der Waals surface area contributed by atoms with Gasteiger partial charge in [0.15, 0.2) is 5.78 Å². The fourth-order valence-corrected chi connectivity index (χ4v) is 19.3. The van der Waals surface area contributed by atoms with E-state index in [1.165, 1.54) is 5.56 Å². The summed E-state index contributed by atoms with van der Waals surface area (Å²) in [6.07, 6.45) is 10.1. The Morgan fingerprint density at radius 3 is 1.77 bits per heavy atom. The van der Waals surface area contributed by atoms with E-state index < -0.39 is 52.1 Å². The van der Waals surface area contributed by atoms with Crippen molar-refractivity contribution in [3.63, 3.8) is 0 Å². The number of hydrogen-bond donors (Lipinski definition) is 9. The highest BCUT2D eigenvalue weighted by molar-refractivity contribution is 6.03. The number of imide groups is 1. The molecule has 5 aliphatic rings. The number of rotatable bonds is 48. The first-order valence-corrected chi connectivity index (χ1v) is 45.3. The van der Waals surface area contributed by atoms with Crippen molar-refractivity contribution < 1.29 is 85.8 Å². The molecule has 2 fully saturated rings. The average molecular weight is 1760 g/mol. The third-order valence-corrected chi connectivity index (χ3v) is 26.1. The first-order valence-electron chi connectivity index (χ1n) is 45.3. The third-order valence-electron chi connectivity index (χ3n) is 26.1. The van der Waals surface area contributed by atoms with Crippen LogP contribution in [0.15, 0.2) is 109 Å². The van der Waals surface area contributed by atoms with Crippen LogP contribution in [0.25, 0.3) is 22.5 Å². The lowest BCUT2D eigenvalue weighted by atomic mass is 9.49. The molecule has 11 N–H and O–H groups in total. The SMILES string of the molecule is CCCCOCOCCCOCCn1nnc2c1-c1ccccc1N(C(=O)CCC(=O)NCCOCCOCCOCCOCCC(=O)N[C@H](C(=O)C[C@@H](CCCNC(N)=O)C(=O)Nc1ccc(COC(=O)Nc3ccc4c(c3)[C@@]3(C)CCC[C@](C)(C(=O)NC(=O)[C@@]5(C)CCC[C@]6(C)c7cc(NC(=O)CN)ccc7CC[C@@H]56)[C@@H]3CC4)cc1)C(C)C)Cc1ccccc1-2. The monoisotopic (exact) mass is 1750 g/mol. The van der Waals surface area contributed by atoms with Crippen LogP contribution in [0.3, 0.4) is 0 Å². The molecule has 688 valence electrons. The summed E-state index contributed by atoms with van der Waals surface area (Å²) >= 11 is 0. The van der Waals surface area contributed by atoms with E-state index in [-0.39, 0.29) is 170 Å². The van der Waals surface area contributed by atoms with E-state index in [9.17, 15) is 47.9 Å². The van der Waals surface area contributed by atoms with Crippen LogP contribution in [0, 0.1) is 34.5 Å². The Labute approximate surface area is 745 Å². The molecule has 0 saturated heterocycles. The van der Waals surface area contributed by atoms with Gasteiger partial charge in [0.25, 0.3) is 0 Å². The lowest BCUT2D eigenvalue weighted by molar-refractivity contribution is -0.150. The number of ether oxygens (including phenoxy) is 8. The predicted molar refractivity (Wildman–Crippen MR) is 481 cm³/mol.